The summed E-state index contributed by atoms with van der Waals surface area (Å²) in [5.74, 6) is 0. The Morgan fingerprint density at radius 2 is 2.10 bits per heavy atom. The van der Waals surface area contributed by atoms with E-state index in [-0.39, 0.29) is 0 Å². The zero-order valence-corrected chi connectivity index (χ0v) is 8.17. The second-order valence-corrected chi connectivity index (χ2v) is 4.63. The molecule has 0 aliphatic rings. The van der Waals surface area contributed by atoms with Gasteiger partial charge in [-0.2, -0.15) is 0 Å². The van der Waals surface area contributed by atoms with Crippen LogP contribution in [0.4, 0.5) is 0 Å². The second-order valence-electron chi connectivity index (χ2n) is 2.09. The smallest absolute Gasteiger partial charge is 0.152 e. The third-order valence-electron chi connectivity index (χ3n) is 1.50. The van der Waals surface area contributed by atoms with E-state index in [2.05, 4.69) is 15.9 Å². The van der Waals surface area contributed by atoms with Crippen molar-refractivity contribution >= 4 is 33.6 Å². The third-order valence-corrected chi connectivity index (χ3v) is 3.43. The lowest BCUT2D eigenvalue weighted by Crippen LogP contribution is -1.79. The van der Waals surface area contributed by atoms with E-state index in [9.17, 15) is 4.79 Å². The number of hydrogen-bond acceptors (Lipinski definition) is 2. The number of aryl methyl sites for hydroxylation is 1. The number of aldehydes is 1. The number of carbonyl (C=O) groups excluding carboxylic acids is 1. The van der Waals surface area contributed by atoms with Crippen molar-refractivity contribution < 1.29 is 4.79 Å². The van der Waals surface area contributed by atoms with E-state index >= 15 is 0 Å². The van der Waals surface area contributed by atoms with Crippen molar-refractivity contribution in [2.75, 3.05) is 0 Å². The number of carbonyl (C=O) groups is 1. The summed E-state index contributed by atoms with van der Waals surface area (Å²) in [5, 5.41) is 0. The standard InChI is InChI=1S/C7H7BrOS/c1-4-5(2)10-7(8)6(4)3-9/h3H,1-2H3. The average molecular weight is 219 g/mol. The quantitative estimate of drug-likeness (QED) is 0.663. The summed E-state index contributed by atoms with van der Waals surface area (Å²) in [6.45, 7) is 3.97. The lowest BCUT2D eigenvalue weighted by Gasteiger charge is -1.87. The molecule has 1 nitrogen and oxygen atoms in total. The second kappa shape index (κ2) is 2.84. The van der Waals surface area contributed by atoms with Gasteiger partial charge in [0.15, 0.2) is 6.29 Å². The fraction of sp³-hybridized carbons (Fsp3) is 0.286. The summed E-state index contributed by atoms with van der Waals surface area (Å²) in [5.41, 5.74) is 1.88. The third kappa shape index (κ3) is 1.16. The molecular formula is C7H7BrOS. The Labute approximate surface area is 72.2 Å². The highest BCUT2D eigenvalue weighted by Gasteiger charge is 2.07. The van der Waals surface area contributed by atoms with Crippen molar-refractivity contribution in [2.45, 2.75) is 13.8 Å². The Morgan fingerprint density at radius 1 is 1.50 bits per heavy atom. The van der Waals surface area contributed by atoms with Gasteiger partial charge in [0, 0.05) is 10.4 Å². The Bertz CT molecular complexity index is 265. The normalized spacial score (nSPS) is 9.90. The molecule has 0 radical (unpaired) electrons. The maximum absolute atomic E-state index is 10.4. The molecule has 1 heterocycles. The highest BCUT2D eigenvalue weighted by Crippen LogP contribution is 2.30. The number of hydrogen-bond donors (Lipinski definition) is 0. The molecular weight excluding hydrogens is 212 g/mol. The van der Waals surface area contributed by atoms with E-state index in [4.69, 9.17) is 0 Å². The molecule has 3 heteroatoms. The van der Waals surface area contributed by atoms with Crippen LogP contribution in [0.5, 0.6) is 0 Å². The first-order valence-electron chi connectivity index (χ1n) is 2.87. The van der Waals surface area contributed by atoms with Crippen molar-refractivity contribution in [3.05, 3.63) is 19.8 Å². The lowest BCUT2D eigenvalue weighted by molar-refractivity contribution is 0.112. The van der Waals surface area contributed by atoms with Gasteiger partial charge < -0.3 is 0 Å². The fourth-order valence-corrected chi connectivity index (χ4v) is 2.70. The van der Waals surface area contributed by atoms with Crippen LogP contribution in [0, 0.1) is 13.8 Å². The largest absolute Gasteiger partial charge is 0.298 e. The van der Waals surface area contributed by atoms with Gasteiger partial charge in [-0.1, -0.05) is 0 Å². The number of rotatable bonds is 1. The van der Waals surface area contributed by atoms with Crippen LogP contribution in [0.15, 0.2) is 3.79 Å². The Kier molecular flexibility index (Phi) is 2.26. The molecule has 1 rings (SSSR count). The Morgan fingerprint density at radius 3 is 2.30 bits per heavy atom. The van der Waals surface area contributed by atoms with Crippen molar-refractivity contribution in [1.82, 2.24) is 0 Å². The summed E-state index contributed by atoms with van der Waals surface area (Å²) in [4.78, 5) is 11.6. The van der Waals surface area contributed by atoms with Crippen LogP contribution in [0.25, 0.3) is 0 Å². The van der Waals surface area contributed by atoms with Crippen LogP contribution >= 0.6 is 27.3 Å². The number of thiophene rings is 1. The minimum Gasteiger partial charge on any atom is -0.298 e. The van der Waals surface area contributed by atoms with Gasteiger partial charge in [-0.25, -0.2) is 0 Å². The molecule has 10 heavy (non-hydrogen) atoms. The molecule has 1 aromatic heterocycles. The molecule has 0 bridgehead atoms. The molecule has 0 N–H and O–H groups in total. The van der Waals surface area contributed by atoms with Crippen LogP contribution in [0.1, 0.15) is 20.8 Å². The van der Waals surface area contributed by atoms with Gasteiger partial charge in [0.1, 0.15) is 0 Å². The molecule has 0 saturated heterocycles. The lowest BCUT2D eigenvalue weighted by atomic mass is 10.2. The Hall–Kier alpha value is -0.150. The molecule has 0 spiro atoms. The topological polar surface area (TPSA) is 17.1 Å². The van der Waals surface area contributed by atoms with Crippen molar-refractivity contribution in [3.8, 4) is 0 Å². The highest BCUT2D eigenvalue weighted by atomic mass is 79.9. The van der Waals surface area contributed by atoms with E-state index in [0.29, 0.717) is 0 Å². The summed E-state index contributed by atoms with van der Waals surface area (Å²) < 4.78 is 0.942. The number of halogens is 1. The maximum atomic E-state index is 10.4. The van der Waals surface area contributed by atoms with Gasteiger partial charge in [-0.05, 0) is 35.3 Å². The van der Waals surface area contributed by atoms with Gasteiger partial charge >= 0.3 is 0 Å². The van der Waals surface area contributed by atoms with Gasteiger partial charge in [0.05, 0.1) is 3.79 Å². The molecule has 1 aromatic rings. The first-order valence-corrected chi connectivity index (χ1v) is 4.48. The van der Waals surface area contributed by atoms with Crippen molar-refractivity contribution in [1.29, 1.82) is 0 Å². The van der Waals surface area contributed by atoms with Gasteiger partial charge in [-0.3, -0.25) is 4.79 Å². The highest BCUT2D eigenvalue weighted by molar-refractivity contribution is 9.11. The van der Waals surface area contributed by atoms with Crippen LogP contribution in [0.3, 0.4) is 0 Å². The molecule has 0 atom stereocenters. The summed E-state index contributed by atoms with van der Waals surface area (Å²) >= 11 is 4.92. The zero-order chi connectivity index (χ0) is 7.72. The molecule has 54 valence electrons. The van der Waals surface area contributed by atoms with E-state index in [1.807, 2.05) is 13.8 Å². The molecule has 0 aliphatic carbocycles. The average Bonchev–Trinajstić information content (AvgIpc) is 2.09. The monoisotopic (exact) mass is 218 g/mol. The van der Waals surface area contributed by atoms with Crippen LogP contribution < -0.4 is 0 Å². The van der Waals surface area contributed by atoms with E-state index in [1.54, 1.807) is 11.3 Å². The molecule has 0 saturated carbocycles. The predicted octanol–water partition coefficient (Wildman–Crippen LogP) is 2.94. The van der Waals surface area contributed by atoms with Crippen LogP contribution in [0.2, 0.25) is 0 Å². The Balaban J connectivity index is 3.33. The fourth-order valence-electron chi connectivity index (χ4n) is 0.738. The summed E-state index contributed by atoms with van der Waals surface area (Å²) in [7, 11) is 0. The summed E-state index contributed by atoms with van der Waals surface area (Å²) in [6.07, 6.45) is 0.892. The molecule has 0 amide bonds. The predicted molar refractivity (Wildman–Crippen MR) is 46.9 cm³/mol. The van der Waals surface area contributed by atoms with Gasteiger partial charge in [-0.15, -0.1) is 11.3 Å². The van der Waals surface area contributed by atoms with Crippen LogP contribution in [-0.4, -0.2) is 6.29 Å². The van der Waals surface area contributed by atoms with E-state index in [1.165, 1.54) is 4.88 Å². The SMILES string of the molecule is Cc1sc(Br)c(C=O)c1C. The molecule has 0 unspecified atom stereocenters. The van der Waals surface area contributed by atoms with E-state index in [0.717, 1.165) is 21.2 Å². The van der Waals surface area contributed by atoms with Gasteiger partial charge in [0.25, 0.3) is 0 Å². The van der Waals surface area contributed by atoms with Crippen LogP contribution in [-0.2, 0) is 0 Å². The molecule has 0 aliphatic heterocycles. The van der Waals surface area contributed by atoms with Crippen molar-refractivity contribution in [3.63, 3.8) is 0 Å². The first-order chi connectivity index (χ1) is 4.66. The molecule has 0 fully saturated rings. The van der Waals surface area contributed by atoms with E-state index < -0.39 is 0 Å². The van der Waals surface area contributed by atoms with Crippen molar-refractivity contribution in [2.24, 2.45) is 0 Å². The molecule has 0 aromatic carbocycles. The van der Waals surface area contributed by atoms with Gasteiger partial charge in [0.2, 0.25) is 0 Å². The first kappa shape index (κ1) is 7.95. The summed E-state index contributed by atoms with van der Waals surface area (Å²) in [6, 6.07) is 0. The maximum Gasteiger partial charge on any atom is 0.152 e. The minimum absolute atomic E-state index is 0.794. The zero-order valence-electron chi connectivity index (χ0n) is 5.77. The minimum atomic E-state index is 0.794.